The molecule has 0 saturated carbocycles. The Morgan fingerprint density at radius 3 is 2.75 bits per heavy atom. The van der Waals surface area contributed by atoms with Crippen molar-refractivity contribution in [3.63, 3.8) is 0 Å². The van der Waals surface area contributed by atoms with Crippen molar-refractivity contribution in [1.29, 1.82) is 0 Å². The van der Waals surface area contributed by atoms with Crippen molar-refractivity contribution in [2.24, 2.45) is 7.05 Å². The van der Waals surface area contributed by atoms with Gasteiger partial charge in [-0.2, -0.15) is 0 Å². The van der Waals surface area contributed by atoms with Gasteiger partial charge in [-0.25, -0.2) is 4.98 Å². The van der Waals surface area contributed by atoms with Gasteiger partial charge in [0.2, 0.25) is 5.91 Å². The molecule has 0 aliphatic heterocycles. The molecule has 28 heavy (non-hydrogen) atoms. The van der Waals surface area contributed by atoms with Crippen LogP contribution in [0.1, 0.15) is 30.2 Å². The predicted molar refractivity (Wildman–Crippen MR) is 117 cm³/mol. The van der Waals surface area contributed by atoms with Crippen LogP contribution >= 0.6 is 34.7 Å². The number of hydrogen-bond acceptors (Lipinski definition) is 5. The molecule has 1 aliphatic rings. The molecule has 0 radical (unpaired) electrons. The van der Waals surface area contributed by atoms with Gasteiger partial charge in [-0.15, -0.1) is 11.3 Å². The number of anilines is 1. The van der Waals surface area contributed by atoms with Crippen LogP contribution < -0.4 is 10.9 Å². The molecule has 5 nitrogen and oxygen atoms in total. The van der Waals surface area contributed by atoms with E-state index < -0.39 is 5.25 Å². The number of aromatic nitrogens is 2. The lowest BCUT2D eigenvalue weighted by atomic mass is 9.97. The van der Waals surface area contributed by atoms with Crippen LogP contribution in [-0.4, -0.2) is 20.7 Å². The maximum Gasteiger partial charge on any atom is 0.262 e. The van der Waals surface area contributed by atoms with E-state index in [-0.39, 0.29) is 11.5 Å². The zero-order valence-corrected chi connectivity index (χ0v) is 18.0. The summed E-state index contributed by atoms with van der Waals surface area (Å²) in [5.74, 6) is -0.146. The molecule has 1 atom stereocenters. The number of nitrogens with one attached hydrogen (secondary N) is 1. The van der Waals surface area contributed by atoms with E-state index in [4.69, 9.17) is 16.6 Å². The lowest BCUT2D eigenvalue weighted by Gasteiger charge is -2.14. The van der Waals surface area contributed by atoms with Crippen molar-refractivity contribution in [1.82, 2.24) is 9.55 Å². The third-order valence-electron chi connectivity index (χ3n) is 4.92. The molecule has 1 unspecified atom stereocenters. The Bertz CT molecular complexity index is 1110. The topological polar surface area (TPSA) is 64.0 Å². The maximum atomic E-state index is 13.0. The quantitative estimate of drug-likeness (QED) is 0.480. The molecule has 2 aromatic heterocycles. The van der Waals surface area contributed by atoms with Crippen LogP contribution in [0.5, 0.6) is 0 Å². The van der Waals surface area contributed by atoms with Crippen molar-refractivity contribution in [2.75, 3.05) is 5.32 Å². The van der Waals surface area contributed by atoms with Gasteiger partial charge in [0.25, 0.3) is 5.56 Å². The first-order valence-corrected chi connectivity index (χ1v) is 11.3. The number of carbonyl (C=O) groups is 1. The number of thiophene rings is 1. The van der Waals surface area contributed by atoms with Crippen molar-refractivity contribution < 1.29 is 4.79 Å². The average molecular weight is 434 g/mol. The van der Waals surface area contributed by atoms with Crippen LogP contribution in [0.15, 0.2) is 34.2 Å². The number of thioether (sulfide) groups is 1. The standard InChI is InChI=1S/C20H20ClN3O2S2/c1-11(17(25)22-13-9-7-12(21)8-10-13)27-20-23-18-16(19(26)24(20)2)14-5-3-4-6-15(14)28-18/h7-11H,3-6H2,1-2H3,(H,22,25). The van der Waals surface area contributed by atoms with Gasteiger partial charge < -0.3 is 5.32 Å². The Morgan fingerprint density at radius 2 is 2.00 bits per heavy atom. The molecule has 3 aromatic rings. The first-order chi connectivity index (χ1) is 13.4. The van der Waals surface area contributed by atoms with Crippen LogP contribution in [0.4, 0.5) is 5.69 Å². The fourth-order valence-electron chi connectivity index (χ4n) is 3.36. The Balaban J connectivity index is 1.58. The Morgan fingerprint density at radius 1 is 1.29 bits per heavy atom. The lowest BCUT2D eigenvalue weighted by molar-refractivity contribution is -0.115. The van der Waals surface area contributed by atoms with Crippen LogP contribution in [0, 0.1) is 0 Å². The van der Waals surface area contributed by atoms with Crippen LogP contribution in [0.25, 0.3) is 10.2 Å². The zero-order valence-electron chi connectivity index (χ0n) is 15.6. The molecule has 8 heteroatoms. The maximum absolute atomic E-state index is 13.0. The summed E-state index contributed by atoms with van der Waals surface area (Å²) in [6, 6.07) is 6.97. The van der Waals surface area contributed by atoms with E-state index in [1.807, 2.05) is 6.92 Å². The average Bonchev–Trinajstić information content (AvgIpc) is 3.05. The minimum atomic E-state index is -0.402. The largest absolute Gasteiger partial charge is 0.325 e. The third-order valence-corrected chi connectivity index (χ3v) is 7.50. The number of halogens is 1. The summed E-state index contributed by atoms with van der Waals surface area (Å²) in [5, 5.41) is 4.42. The highest BCUT2D eigenvalue weighted by atomic mass is 35.5. The van der Waals surface area contributed by atoms with Crippen molar-refractivity contribution >= 4 is 56.5 Å². The fraction of sp³-hybridized carbons (Fsp3) is 0.350. The molecule has 0 fully saturated rings. The summed E-state index contributed by atoms with van der Waals surface area (Å²) in [4.78, 5) is 32.3. The van der Waals surface area contributed by atoms with Crippen molar-refractivity contribution in [2.45, 2.75) is 43.0 Å². The highest BCUT2D eigenvalue weighted by Crippen LogP contribution is 2.35. The molecule has 0 spiro atoms. The molecule has 1 N–H and O–H groups in total. The molecule has 1 aromatic carbocycles. The molecular formula is C20H20ClN3O2S2. The highest BCUT2D eigenvalue weighted by Gasteiger charge is 2.23. The van der Waals surface area contributed by atoms with Gasteiger partial charge in [-0.3, -0.25) is 14.2 Å². The summed E-state index contributed by atoms with van der Waals surface area (Å²) >= 11 is 8.80. The van der Waals surface area contributed by atoms with E-state index in [0.29, 0.717) is 15.9 Å². The van der Waals surface area contributed by atoms with Gasteiger partial charge in [-0.1, -0.05) is 23.4 Å². The minimum absolute atomic E-state index is 0.0165. The SMILES string of the molecule is CC(Sc1nc2sc3c(c2c(=O)n1C)CCCC3)C(=O)Nc1ccc(Cl)cc1. The van der Waals surface area contributed by atoms with Crippen LogP contribution in [0.2, 0.25) is 5.02 Å². The highest BCUT2D eigenvalue weighted by molar-refractivity contribution is 8.00. The van der Waals surface area contributed by atoms with Gasteiger partial charge in [0.15, 0.2) is 5.16 Å². The number of aryl methyl sites for hydroxylation is 2. The molecule has 0 bridgehead atoms. The lowest BCUT2D eigenvalue weighted by Crippen LogP contribution is -2.25. The molecule has 1 aliphatic carbocycles. The number of nitrogens with zero attached hydrogens (tertiary/aromatic N) is 2. The molecule has 146 valence electrons. The second-order valence-electron chi connectivity index (χ2n) is 6.91. The number of carbonyl (C=O) groups excluding carboxylic acids is 1. The van der Waals surface area contributed by atoms with Gasteiger partial charge in [0, 0.05) is 22.6 Å². The van der Waals surface area contributed by atoms with E-state index in [2.05, 4.69) is 5.32 Å². The second kappa shape index (κ2) is 7.89. The molecule has 1 amide bonds. The van der Waals surface area contributed by atoms with E-state index in [0.717, 1.165) is 29.5 Å². The van der Waals surface area contributed by atoms with E-state index in [9.17, 15) is 9.59 Å². The summed E-state index contributed by atoms with van der Waals surface area (Å²) < 4.78 is 1.57. The summed E-state index contributed by atoms with van der Waals surface area (Å²) in [5.41, 5.74) is 1.85. The van der Waals surface area contributed by atoms with E-state index in [1.54, 1.807) is 47.2 Å². The number of rotatable bonds is 4. The molecular weight excluding hydrogens is 414 g/mol. The number of hydrogen-bond donors (Lipinski definition) is 1. The van der Waals surface area contributed by atoms with Crippen LogP contribution in [0.3, 0.4) is 0 Å². The smallest absolute Gasteiger partial charge is 0.262 e. The molecule has 4 rings (SSSR count). The monoisotopic (exact) mass is 433 g/mol. The number of benzene rings is 1. The Labute approximate surface area is 176 Å². The molecule has 0 saturated heterocycles. The van der Waals surface area contributed by atoms with Crippen molar-refractivity contribution in [3.8, 4) is 0 Å². The minimum Gasteiger partial charge on any atom is -0.325 e. The number of fused-ring (bicyclic) bond motifs is 3. The van der Waals surface area contributed by atoms with Gasteiger partial charge in [0.1, 0.15) is 4.83 Å². The zero-order chi connectivity index (χ0) is 19.8. The Hall–Kier alpha value is -1.83. The first-order valence-electron chi connectivity index (χ1n) is 9.18. The summed E-state index contributed by atoms with van der Waals surface area (Å²) in [6.07, 6.45) is 4.28. The normalized spacial score (nSPS) is 14.7. The predicted octanol–water partition coefficient (Wildman–Crippen LogP) is 4.65. The summed E-state index contributed by atoms with van der Waals surface area (Å²) in [7, 11) is 1.73. The number of amides is 1. The van der Waals surface area contributed by atoms with E-state index >= 15 is 0 Å². The van der Waals surface area contributed by atoms with Gasteiger partial charge in [-0.05, 0) is 62.4 Å². The second-order valence-corrected chi connectivity index (χ2v) is 9.73. The first kappa shape index (κ1) is 19.5. The van der Waals surface area contributed by atoms with Gasteiger partial charge >= 0.3 is 0 Å². The fourth-order valence-corrected chi connectivity index (χ4v) is 5.66. The Kier molecular flexibility index (Phi) is 5.49. The van der Waals surface area contributed by atoms with Gasteiger partial charge in [0.05, 0.1) is 10.6 Å². The van der Waals surface area contributed by atoms with E-state index in [1.165, 1.54) is 28.6 Å². The third kappa shape index (κ3) is 3.71. The van der Waals surface area contributed by atoms with Crippen molar-refractivity contribution in [3.05, 3.63) is 50.1 Å². The summed E-state index contributed by atoms with van der Waals surface area (Å²) in [6.45, 7) is 1.81. The van der Waals surface area contributed by atoms with Crippen LogP contribution in [-0.2, 0) is 24.7 Å². The molecule has 2 heterocycles.